The van der Waals surface area contributed by atoms with Crippen molar-refractivity contribution < 1.29 is 0 Å². The highest BCUT2D eigenvalue weighted by Gasteiger charge is 2.21. The lowest BCUT2D eigenvalue weighted by Gasteiger charge is -2.40. The molecule has 0 fully saturated rings. The fourth-order valence-corrected chi connectivity index (χ4v) is 3.21. The smallest absolute Gasteiger partial charge is 0.0738 e. The molecule has 0 aliphatic rings. The molecule has 0 amide bonds. The minimum atomic E-state index is 0.450. The van der Waals surface area contributed by atoms with E-state index in [1.54, 1.807) is 0 Å². The summed E-state index contributed by atoms with van der Waals surface area (Å²) in [6.45, 7) is 10.9. The topological polar surface area (TPSA) is 19.4 Å². The number of pyridine rings is 1. The summed E-state index contributed by atoms with van der Waals surface area (Å²) in [7, 11) is 0. The van der Waals surface area contributed by atoms with E-state index in [9.17, 15) is 0 Å². The van der Waals surface area contributed by atoms with Crippen LogP contribution in [0.3, 0.4) is 0 Å². The van der Waals surface area contributed by atoms with Crippen molar-refractivity contribution in [3.63, 3.8) is 0 Å². The van der Waals surface area contributed by atoms with Crippen molar-refractivity contribution in [1.82, 2.24) is 9.99 Å². The van der Waals surface area contributed by atoms with E-state index in [0.717, 1.165) is 35.4 Å². The Hall–Kier alpha value is -1.32. The van der Waals surface area contributed by atoms with E-state index in [4.69, 9.17) is 11.6 Å². The Balaban J connectivity index is 2.55. The second-order valence-corrected chi connectivity index (χ2v) is 6.05. The van der Waals surface area contributed by atoms with Crippen LogP contribution in [0.1, 0.15) is 40.5 Å². The fraction of sp³-hybridized carbons (Fsp3) is 0.500. The number of aromatic nitrogens is 1. The predicted molar refractivity (Wildman–Crippen MR) is 96.5 cm³/mol. The average molecular weight is 320 g/mol. The van der Waals surface area contributed by atoms with E-state index in [2.05, 4.69) is 54.8 Å². The van der Waals surface area contributed by atoms with Crippen LogP contribution >= 0.6 is 11.6 Å². The quantitative estimate of drug-likeness (QED) is 0.659. The van der Waals surface area contributed by atoms with Gasteiger partial charge in [0.2, 0.25) is 0 Å². The largest absolute Gasteiger partial charge is 0.302 e. The fourth-order valence-electron chi connectivity index (χ4n) is 3.04. The van der Waals surface area contributed by atoms with E-state index < -0.39 is 0 Å². The molecule has 0 spiro atoms. The molecule has 1 unspecified atom stereocenters. The van der Waals surface area contributed by atoms with Crippen LogP contribution in [0.2, 0.25) is 5.02 Å². The second-order valence-electron chi connectivity index (χ2n) is 5.61. The number of hydrogen-bond donors (Lipinski definition) is 0. The van der Waals surface area contributed by atoms with Crippen molar-refractivity contribution in [2.24, 2.45) is 0 Å². The Morgan fingerprint density at radius 1 is 1.14 bits per heavy atom. The van der Waals surface area contributed by atoms with Crippen molar-refractivity contribution in [2.75, 3.05) is 18.1 Å². The predicted octanol–water partition coefficient (Wildman–Crippen LogP) is 5.14. The lowest BCUT2D eigenvalue weighted by molar-refractivity contribution is 0.245. The number of hydrogen-bond acceptors (Lipinski definition) is 3. The maximum atomic E-state index is 6.12. The van der Waals surface area contributed by atoms with Gasteiger partial charge in [-0.25, -0.2) is 5.01 Å². The summed E-state index contributed by atoms with van der Waals surface area (Å²) < 4.78 is 0. The molecule has 0 radical (unpaired) electrons. The number of halogens is 1. The SMILES string of the molecule is CCCC(C)N(c1ccnc2cc(Cl)ccc12)N(CC)CC. The highest BCUT2D eigenvalue weighted by molar-refractivity contribution is 6.31. The Morgan fingerprint density at radius 3 is 2.50 bits per heavy atom. The van der Waals surface area contributed by atoms with Crippen LogP contribution in [0, 0.1) is 0 Å². The molecular weight excluding hydrogens is 294 g/mol. The molecule has 0 saturated carbocycles. The molecule has 1 aromatic carbocycles. The number of hydrazine groups is 1. The number of nitrogens with zero attached hydrogens (tertiary/aromatic N) is 3. The third-order valence-electron chi connectivity index (χ3n) is 4.09. The first-order valence-corrected chi connectivity index (χ1v) is 8.58. The van der Waals surface area contributed by atoms with Gasteiger partial charge in [0.05, 0.1) is 11.2 Å². The monoisotopic (exact) mass is 319 g/mol. The van der Waals surface area contributed by atoms with Gasteiger partial charge in [-0.3, -0.25) is 4.98 Å². The normalized spacial score (nSPS) is 12.8. The molecule has 2 aromatic rings. The Morgan fingerprint density at radius 2 is 1.86 bits per heavy atom. The van der Waals surface area contributed by atoms with Gasteiger partial charge in [0, 0.05) is 35.7 Å². The molecule has 1 atom stereocenters. The molecule has 120 valence electrons. The maximum Gasteiger partial charge on any atom is 0.0738 e. The van der Waals surface area contributed by atoms with Crippen molar-refractivity contribution in [3.8, 4) is 0 Å². The molecule has 0 aliphatic heterocycles. The summed E-state index contributed by atoms with van der Waals surface area (Å²) in [6, 6.07) is 8.52. The first kappa shape index (κ1) is 17.0. The summed E-state index contributed by atoms with van der Waals surface area (Å²) in [5, 5.41) is 6.71. The molecule has 2 rings (SSSR count). The van der Waals surface area contributed by atoms with Gasteiger partial charge in [0.1, 0.15) is 0 Å². The summed E-state index contributed by atoms with van der Waals surface area (Å²) in [5.41, 5.74) is 2.16. The van der Waals surface area contributed by atoms with Crippen molar-refractivity contribution in [3.05, 3.63) is 35.5 Å². The van der Waals surface area contributed by atoms with Gasteiger partial charge in [-0.05, 0) is 37.6 Å². The molecule has 1 aromatic heterocycles. The molecule has 1 heterocycles. The molecule has 4 heteroatoms. The summed E-state index contributed by atoms with van der Waals surface area (Å²) in [5.74, 6) is 0. The Bertz CT molecular complexity index is 610. The van der Waals surface area contributed by atoms with E-state index in [1.807, 2.05) is 18.3 Å². The molecule has 0 bridgehead atoms. The molecule has 22 heavy (non-hydrogen) atoms. The van der Waals surface area contributed by atoms with Crippen molar-refractivity contribution in [2.45, 2.75) is 46.6 Å². The summed E-state index contributed by atoms with van der Waals surface area (Å²) in [4.78, 5) is 4.47. The third-order valence-corrected chi connectivity index (χ3v) is 4.32. The molecule has 0 aliphatic carbocycles. The number of fused-ring (bicyclic) bond motifs is 1. The van der Waals surface area contributed by atoms with Gasteiger partial charge >= 0.3 is 0 Å². The standard InChI is InChI=1S/C18H26ClN3/c1-5-8-14(4)22(21(6-2)7-3)18-11-12-20-17-13-15(19)9-10-16(17)18/h9-14H,5-8H2,1-4H3. The van der Waals surface area contributed by atoms with Gasteiger partial charge < -0.3 is 5.01 Å². The van der Waals surface area contributed by atoms with Crippen LogP contribution in [0.15, 0.2) is 30.5 Å². The Labute approximate surface area is 138 Å². The van der Waals surface area contributed by atoms with Gasteiger partial charge in [-0.1, -0.05) is 38.8 Å². The summed E-state index contributed by atoms with van der Waals surface area (Å²) in [6.07, 6.45) is 4.21. The first-order valence-electron chi connectivity index (χ1n) is 8.20. The highest BCUT2D eigenvalue weighted by Crippen LogP contribution is 2.30. The van der Waals surface area contributed by atoms with Gasteiger partial charge in [-0.2, -0.15) is 0 Å². The van der Waals surface area contributed by atoms with E-state index >= 15 is 0 Å². The molecular formula is C18H26ClN3. The number of rotatable bonds is 7. The molecule has 3 nitrogen and oxygen atoms in total. The number of benzene rings is 1. The van der Waals surface area contributed by atoms with Crippen LogP contribution in [0.4, 0.5) is 5.69 Å². The summed E-state index contributed by atoms with van der Waals surface area (Å²) >= 11 is 6.12. The molecule has 0 N–H and O–H groups in total. The van der Waals surface area contributed by atoms with E-state index in [0.29, 0.717) is 6.04 Å². The van der Waals surface area contributed by atoms with Gasteiger partial charge in [-0.15, -0.1) is 0 Å². The van der Waals surface area contributed by atoms with Crippen LogP contribution in [-0.2, 0) is 0 Å². The van der Waals surface area contributed by atoms with Crippen LogP contribution in [0.5, 0.6) is 0 Å². The first-order chi connectivity index (χ1) is 10.6. The van der Waals surface area contributed by atoms with E-state index in [-0.39, 0.29) is 0 Å². The highest BCUT2D eigenvalue weighted by atomic mass is 35.5. The van der Waals surface area contributed by atoms with Gasteiger partial charge in [0.15, 0.2) is 0 Å². The van der Waals surface area contributed by atoms with Crippen LogP contribution in [-0.4, -0.2) is 29.1 Å². The third kappa shape index (κ3) is 3.53. The Kier molecular flexibility index (Phi) is 6.04. The second kappa shape index (κ2) is 7.80. The lowest BCUT2D eigenvalue weighted by Crippen LogP contribution is -2.48. The van der Waals surface area contributed by atoms with Crippen LogP contribution < -0.4 is 5.01 Å². The zero-order valence-corrected chi connectivity index (χ0v) is 14.8. The van der Waals surface area contributed by atoms with Crippen molar-refractivity contribution in [1.29, 1.82) is 0 Å². The zero-order valence-electron chi connectivity index (χ0n) is 14.0. The minimum absolute atomic E-state index is 0.450. The van der Waals surface area contributed by atoms with E-state index in [1.165, 1.54) is 12.1 Å². The van der Waals surface area contributed by atoms with Gasteiger partial charge in [0.25, 0.3) is 0 Å². The number of anilines is 1. The molecule has 0 saturated heterocycles. The maximum absolute atomic E-state index is 6.12. The van der Waals surface area contributed by atoms with Crippen LogP contribution in [0.25, 0.3) is 10.9 Å². The minimum Gasteiger partial charge on any atom is -0.302 e. The average Bonchev–Trinajstić information content (AvgIpc) is 2.52. The lowest BCUT2D eigenvalue weighted by atomic mass is 10.1. The zero-order chi connectivity index (χ0) is 16.1. The van der Waals surface area contributed by atoms with Crippen molar-refractivity contribution >= 4 is 28.2 Å².